The van der Waals surface area contributed by atoms with Gasteiger partial charge in [0, 0.05) is 24.4 Å². The second kappa shape index (κ2) is 7.64. The van der Waals surface area contributed by atoms with Gasteiger partial charge in [0.25, 0.3) is 0 Å². The molecule has 19 heavy (non-hydrogen) atoms. The minimum absolute atomic E-state index is 0.579. The Balaban J connectivity index is 1.81. The molecule has 2 rings (SSSR count). The summed E-state index contributed by atoms with van der Waals surface area (Å²) in [6.45, 7) is 2.16. The molecule has 0 aliphatic heterocycles. The number of aryl methyl sites for hydroxylation is 1. The molecule has 0 amide bonds. The zero-order valence-electron chi connectivity index (χ0n) is 12.5. The molecule has 1 aromatic heterocycles. The topological polar surface area (TPSA) is 24.9 Å². The lowest BCUT2D eigenvalue weighted by atomic mass is 9.84. The van der Waals surface area contributed by atoms with Crippen molar-refractivity contribution in [3.8, 4) is 0 Å². The summed E-state index contributed by atoms with van der Waals surface area (Å²) in [5, 5.41) is 3.48. The van der Waals surface area contributed by atoms with Gasteiger partial charge in [0.15, 0.2) is 0 Å². The largest absolute Gasteiger partial charge is 0.317 e. The van der Waals surface area contributed by atoms with E-state index in [0.29, 0.717) is 6.04 Å². The third-order valence-corrected chi connectivity index (χ3v) is 4.61. The Morgan fingerprint density at radius 3 is 2.79 bits per heavy atom. The van der Waals surface area contributed by atoms with Crippen LogP contribution in [0.25, 0.3) is 0 Å². The van der Waals surface area contributed by atoms with Gasteiger partial charge in [-0.05, 0) is 44.4 Å². The van der Waals surface area contributed by atoms with Crippen molar-refractivity contribution in [2.24, 2.45) is 5.92 Å². The van der Waals surface area contributed by atoms with Crippen LogP contribution in [0.2, 0.25) is 0 Å². The molecule has 1 aliphatic rings. The maximum Gasteiger partial charge on any atom is 0.0448 e. The van der Waals surface area contributed by atoms with Crippen molar-refractivity contribution in [1.29, 1.82) is 0 Å². The fourth-order valence-electron chi connectivity index (χ4n) is 3.23. The van der Waals surface area contributed by atoms with Crippen molar-refractivity contribution in [1.82, 2.24) is 10.3 Å². The first-order valence-electron chi connectivity index (χ1n) is 7.87. The molecule has 1 N–H and O–H groups in total. The summed E-state index contributed by atoms with van der Waals surface area (Å²) in [6, 6.07) is 4.77. The number of pyridine rings is 1. The van der Waals surface area contributed by atoms with Crippen LogP contribution in [0, 0.1) is 12.8 Å². The van der Waals surface area contributed by atoms with Gasteiger partial charge in [0.1, 0.15) is 0 Å². The molecule has 1 atom stereocenters. The standard InChI is InChI=1S/C17H28N2/c1-14-7-6-12-19-17(14)13-16(18-2)11-10-15-8-4-3-5-9-15/h6-7,12,15-16,18H,3-5,8-11,13H2,1-2H3. The average Bonchev–Trinajstić information content (AvgIpc) is 2.46. The first-order chi connectivity index (χ1) is 9.29. The Morgan fingerprint density at radius 2 is 2.11 bits per heavy atom. The third kappa shape index (κ3) is 4.61. The molecule has 1 aromatic rings. The summed E-state index contributed by atoms with van der Waals surface area (Å²) >= 11 is 0. The molecule has 106 valence electrons. The van der Waals surface area contributed by atoms with Crippen molar-refractivity contribution >= 4 is 0 Å². The predicted octanol–water partition coefficient (Wildman–Crippen LogP) is 3.88. The lowest BCUT2D eigenvalue weighted by Crippen LogP contribution is -2.29. The van der Waals surface area contributed by atoms with E-state index in [1.165, 1.54) is 56.2 Å². The van der Waals surface area contributed by atoms with Gasteiger partial charge < -0.3 is 5.32 Å². The number of aromatic nitrogens is 1. The number of hydrogen-bond acceptors (Lipinski definition) is 2. The molecule has 1 unspecified atom stereocenters. The third-order valence-electron chi connectivity index (χ3n) is 4.61. The number of nitrogens with one attached hydrogen (secondary N) is 1. The molecule has 0 aromatic carbocycles. The van der Waals surface area contributed by atoms with E-state index in [1.54, 1.807) is 0 Å². The normalized spacial score (nSPS) is 18.4. The molecule has 1 heterocycles. The zero-order valence-corrected chi connectivity index (χ0v) is 12.5. The van der Waals surface area contributed by atoms with Gasteiger partial charge in [-0.3, -0.25) is 4.98 Å². The maximum absolute atomic E-state index is 4.52. The lowest BCUT2D eigenvalue weighted by Gasteiger charge is -2.24. The molecule has 2 nitrogen and oxygen atoms in total. The molecule has 0 radical (unpaired) electrons. The number of hydrogen-bond donors (Lipinski definition) is 1. The molecule has 0 spiro atoms. The smallest absolute Gasteiger partial charge is 0.0448 e. The zero-order chi connectivity index (χ0) is 13.5. The Labute approximate surface area is 118 Å². The van der Waals surface area contributed by atoms with Crippen LogP contribution in [-0.4, -0.2) is 18.1 Å². The van der Waals surface area contributed by atoms with Crippen LogP contribution >= 0.6 is 0 Å². The van der Waals surface area contributed by atoms with Crippen LogP contribution in [-0.2, 0) is 6.42 Å². The Bertz CT molecular complexity index is 369. The summed E-state index contributed by atoms with van der Waals surface area (Å²) in [7, 11) is 2.09. The summed E-state index contributed by atoms with van der Waals surface area (Å²) in [5.74, 6) is 0.981. The first-order valence-corrected chi connectivity index (χ1v) is 7.87. The minimum Gasteiger partial charge on any atom is -0.317 e. The van der Waals surface area contributed by atoms with Crippen molar-refractivity contribution in [2.75, 3.05) is 7.05 Å². The van der Waals surface area contributed by atoms with Crippen molar-refractivity contribution in [3.63, 3.8) is 0 Å². The van der Waals surface area contributed by atoms with Crippen molar-refractivity contribution < 1.29 is 0 Å². The summed E-state index contributed by atoms with van der Waals surface area (Å²) in [5.41, 5.74) is 2.57. The van der Waals surface area contributed by atoms with Crippen LogP contribution in [0.15, 0.2) is 18.3 Å². The van der Waals surface area contributed by atoms with Gasteiger partial charge in [-0.25, -0.2) is 0 Å². The maximum atomic E-state index is 4.52. The SMILES string of the molecule is CNC(CCC1CCCCC1)Cc1ncccc1C. The Morgan fingerprint density at radius 1 is 1.32 bits per heavy atom. The summed E-state index contributed by atoms with van der Waals surface area (Å²) in [6.07, 6.45) is 12.9. The van der Waals surface area contributed by atoms with Crippen LogP contribution in [0.4, 0.5) is 0 Å². The highest BCUT2D eigenvalue weighted by Crippen LogP contribution is 2.28. The van der Waals surface area contributed by atoms with E-state index in [0.717, 1.165) is 12.3 Å². The van der Waals surface area contributed by atoms with Gasteiger partial charge in [0.05, 0.1) is 0 Å². The Kier molecular flexibility index (Phi) is 5.84. The van der Waals surface area contributed by atoms with Gasteiger partial charge in [-0.15, -0.1) is 0 Å². The molecule has 2 heteroatoms. The molecular weight excluding hydrogens is 232 g/mol. The van der Waals surface area contributed by atoms with Gasteiger partial charge in [0.2, 0.25) is 0 Å². The van der Waals surface area contributed by atoms with E-state index >= 15 is 0 Å². The number of nitrogens with zero attached hydrogens (tertiary/aromatic N) is 1. The van der Waals surface area contributed by atoms with Crippen LogP contribution in [0.3, 0.4) is 0 Å². The molecule has 0 saturated heterocycles. The highest BCUT2D eigenvalue weighted by molar-refractivity contribution is 5.18. The van der Waals surface area contributed by atoms with E-state index in [4.69, 9.17) is 0 Å². The van der Waals surface area contributed by atoms with E-state index in [1.807, 2.05) is 12.3 Å². The van der Waals surface area contributed by atoms with E-state index < -0.39 is 0 Å². The van der Waals surface area contributed by atoms with Crippen LogP contribution in [0.5, 0.6) is 0 Å². The van der Waals surface area contributed by atoms with E-state index in [9.17, 15) is 0 Å². The Hall–Kier alpha value is -0.890. The lowest BCUT2D eigenvalue weighted by molar-refractivity contribution is 0.315. The van der Waals surface area contributed by atoms with E-state index in [-0.39, 0.29) is 0 Å². The molecule has 1 saturated carbocycles. The molecule has 1 fully saturated rings. The van der Waals surface area contributed by atoms with Crippen LogP contribution < -0.4 is 5.32 Å². The quantitative estimate of drug-likeness (QED) is 0.839. The summed E-state index contributed by atoms with van der Waals surface area (Å²) in [4.78, 5) is 4.52. The minimum atomic E-state index is 0.579. The van der Waals surface area contributed by atoms with Crippen molar-refractivity contribution in [3.05, 3.63) is 29.6 Å². The van der Waals surface area contributed by atoms with Gasteiger partial charge in [-0.1, -0.05) is 38.2 Å². The van der Waals surface area contributed by atoms with Gasteiger partial charge in [-0.2, -0.15) is 0 Å². The highest BCUT2D eigenvalue weighted by Gasteiger charge is 2.16. The average molecular weight is 260 g/mol. The fraction of sp³-hybridized carbons (Fsp3) is 0.706. The monoisotopic (exact) mass is 260 g/mol. The second-order valence-electron chi connectivity index (χ2n) is 6.04. The number of rotatable bonds is 6. The first kappa shape index (κ1) is 14.5. The molecule has 0 bridgehead atoms. The fourth-order valence-corrected chi connectivity index (χ4v) is 3.23. The molecular formula is C17H28N2. The van der Waals surface area contributed by atoms with Crippen LogP contribution in [0.1, 0.15) is 56.2 Å². The number of likely N-dealkylation sites (N-methyl/N-ethyl adjacent to an activating group) is 1. The highest BCUT2D eigenvalue weighted by atomic mass is 14.9. The molecule has 1 aliphatic carbocycles. The van der Waals surface area contributed by atoms with Crippen molar-refractivity contribution in [2.45, 2.75) is 64.3 Å². The predicted molar refractivity (Wildman–Crippen MR) is 81.3 cm³/mol. The second-order valence-corrected chi connectivity index (χ2v) is 6.04. The summed E-state index contributed by atoms with van der Waals surface area (Å²) < 4.78 is 0. The van der Waals surface area contributed by atoms with Gasteiger partial charge >= 0.3 is 0 Å². The van der Waals surface area contributed by atoms with E-state index in [2.05, 4.69) is 30.3 Å².